The van der Waals surface area contributed by atoms with E-state index in [0.29, 0.717) is 13.2 Å². The first-order chi connectivity index (χ1) is 8.88. The lowest BCUT2D eigenvalue weighted by atomic mass is 9.94. The first-order valence-electron chi connectivity index (χ1n) is 6.16. The van der Waals surface area contributed by atoms with Gasteiger partial charge in [-0.1, -0.05) is 26.1 Å². The number of nitrogens with zero attached hydrogens (tertiary/aromatic N) is 1. The van der Waals surface area contributed by atoms with Gasteiger partial charge in [-0.15, -0.1) is 0 Å². The van der Waals surface area contributed by atoms with Gasteiger partial charge in [0, 0.05) is 6.54 Å². The Hall–Kier alpha value is -1.21. The molecule has 1 heterocycles. The lowest BCUT2D eigenvalue weighted by molar-refractivity contribution is -0.163. The van der Waals surface area contributed by atoms with Crippen molar-refractivity contribution < 1.29 is 19.1 Å². The summed E-state index contributed by atoms with van der Waals surface area (Å²) >= 11 is 4.95. The Balaban J connectivity index is 2.76. The second-order valence-corrected chi connectivity index (χ2v) is 5.26. The summed E-state index contributed by atoms with van der Waals surface area (Å²) in [6.45, 7) is 4.68. The second kappa shape index (κ2) is 6.81. The number of carbonyl (C=O) groups is 2. The van der Waals surface area contributed by atoms with Crippen molar-refractivity contribution in [1.82, 2.24) is 4.90 Å². The number of esters is 1. The Morgan fingerprint density at radius 1 is 1.47 bits per heavy atom. The van der Waals surface area contributed by atoms with Crippen molar-refractivity contribution >= 4 is 29.1 Å². The van der Waals surface area contributed by atoms with Crippen molar-refractivity contribution in [3.8, 4) is 0 Å². The summed E-state index contributed by atoms with van der Waals surface area (Å²) < 4.78 is 9.90. The van der Waals surface area contributed by atoms with E-state index < -0.39 is 18.0 Å². The highest BCUT2D eigenvalue weighted by Gasteiger charge is 2.35. The molecule has 108 valence electrons. The molecule has 1 aliphatic heterocycles. The topological polar surface area (TPSA) is 81.9 Å². The minimum atomic E-state index is -0.734. The van der Waals surface area contributed by atoms with Gasteiger partial charge in [-0.25, -0.2) is 4.79 Å². The number of methoxy groups -OCH3 is 1. The van der Waals surface area contributed by atoms with E-state index in [2.05, 4.69) is 4.74 Å². The molecule has 0 spiro atoms. The largest absolute Gasteiger partial charge is 0.467 e. The Morgan fingerprint density at radius 2 is 2.11 bits per heavy atom. The number of carbonyl (C=O) groups excluding carboxylic acids is 2. The van der Waals surface area contributed by atoms with Crippen molar-refractivity contribution in [3.63, 3.8) is 0 Å². The molecule has 2 N–H and O–H groups in total. The maximum absolute atomic E-state index is 12.4. The van der Waals surface area contributed by atoms with Crippen LogP contribution in [0.25, 0.3) is 0 Å². The van der Waals surface area contributed by atoms with E-state index in [1.165, 1.54) is 7.11 Å². The van der Waals surface area contributed by atoms with Crippen LogP contribution in [-0.4, -0.2) is 54.7 Å². The first-order valence-corrected chi connectivity index (χ1v) is 6.56. The Morgan fingerprint density at radius 3 is 2.58 bits per heavy atom. The molecule has 19 heavy (non-hydrogen) atoms. The standard InChI is InChI=1S/C12H20N2O4S/c1-7(2)9(10(13)19)11(15)14-4-5-18-8(6-14)12(16)17-3/h7-9H,4-6H2,1-3H3,(H2,13,19). The van der Waals surface area contributed by atoms with Crippen LogP contribution < -0.4 is 5.73 Å². The zero-order valence-electron chi connectivity index (χ0n) is 11.4. The molecular formula is C12H20N2O4S. The quantitative estimate of drug-likeness (QED) is 0.577. The van der Waals surface area contributed by atoms with Crippen molar-refractivity contribution in [2.75, 3.05) is 26.8 Å². The van der Waals surface area contributed by atoms with Crippen molar-refractivity contribution in [3.05, 3.63) is 0 Å². The molecule has 0 bridgehead atoms. The summed E-state index contributed by atoms with van der Waals surface area (Å²) in [4.78, 5) is 25.6. The van der Waals surface area contributed by atoms with E-state index in [4.69, 9.17) is 22.7 Å². The highest BCUT2D eigenvalue weighted by molar-refractivity contribution is 7.80. The molecule has 0 saturated carbocycles. The molecule has 2 unspecified atom stereocenters. The Kier molecular flexibility index (Phi) is 5.68. The van der Waals surface area contributed by atoms with Gasteiger partial charge in [0.15, 0.2) is 6.10 Å². The summed E-state index contributed by atoms with van der Waals surface area (Å²) in [6.07, 6.45) is -0.734. The van der Waals surface area contributed by atoms with Crippen LogP contribution in [0.4, 0.5) is 0 Å². The molecule has 7 heteroatoms. The number of ether oxygens (including phenoxy) is 2. The fourth-order valence-electron chi connectivity index (χ4n) is 2.06. The molecule has 1 fully saturated rings. The number of rotatable bonds is 4. The average molecular weight is 288 g/mol. The molecule has 1 saturated heterocycles. The maximum atomic E-state index is 12.4. The third-order valence-electron chi connectivity index (χ3n) is 3.08. The van der Waals surface area contributed by atoms with Gasteiger partial charge in [0.25, 0.3) is 0 Å². The number of hydrogen-bond donors (Lipinski definition) is 1. The molecule has 2 atom stereocenters. The van der Waals surface area contributed by atoms with Gasteiger partial charge in [-0.2, -0.15) is 0 Å². The number of amides is 1. The summed E-state index contributed by atoms with van der Waals surface area (Å²) in [5.74, 6) is -1.12. The first kappa shape index (κ1) is 15.8. The van der Waals surface area contributed by atoms with Crippen molar-refractivity contribution in [1.29, 1.82) is 0 Å². The molecule has 0 aromatic heterocycles. The summed E-state index contributed by atoms with van der Waals surface area (Å²) in [5.41, 5.74) is 5.63. The SMILES string of the molecule is COC(=O)C1CN(C(=O)C(C(N)=S)C(C)C)CCO1. The number of hydrogen-bond acceptors (Lipinski definition) is 5. The van der Waals surface area contributed by atoms with Gasteiger partial charge in [0.1, 0.15) is 0 Å². The van der Waals surface area contributed by atoms with Crippen LogP contribution in [0.2, 0.25) is 0 Å². The molecule has 0 aromatic carbocycles. The normalized spacial score (nSPS) is 21.1. The van der Waals surface area contributed by atoms with Crippen LogP contribution in [0.15, 0.2) is 0 Å². The third-order valence-corrected chi connectivity index (χ3v) is 3.34. The van der Waals surface area contributed by atoms with E-state index in [0.717, 1.165) is 0 Å². The monoisotopic (exact) mass is 288 g/mol. The summed E-state index contributed by atoms with van der Waals surface area (Å²) in [7, 11) is 1.29. The molecule has 0 aliphatic carbocycles. The van der Waals surface area contributed by atoms with E-state index in [-0.39, 0.29) is 23.4 Å². The summed E-state index contributed by atoms with van der Waals surface area (Å²) in [6, 6.07) is 0. The van der Waals surface area contributed by atoms with E-state index in [1.54, 1.807) is 4.90 Å². The van der Waals surface area contributed by atoms with Gasteiger partial charge in [0.2, 0.25) is 5.91 Å². The van der Waals surface area contributed by atoms with Crippen LogP contribution in [-0.2, 0) is 19.1 Å². The third kappa shape index (κ3) is 3.87. The number of thiocarbonyl (C=S) groups is 1. The van der Waals surface area contributed by atoms with E-state index in [9.17, 15) is 9.59 Å². The zero-order valence-corrected chi connectivity index (χ0v) is 12.2. The lowest BCUT2D eigenvalue weighted by Crippen LogP contribution is -2.52. The molecule has 6 nitrogen and oxygen atoms in total. The van der Waals surface area contributed by atoms with Crippen molar-refractivity contribution in [2.45, 2.75) is 20.0 Å². The smallest absolute Gasteiger partial charge is 0.336 e. The minimum Gasteiger partial charge on any atom is -0.467 e. The van der Waals surface area contributed by atoms with Gasteiger partial charge in [-0.05, 0) is 5.92 Å². The van der Waals surface area contributed by atoms with Gasteiger partial charge in [-0.3, -0.25) is 4.79 Å². The predicted octanol–water partition coefficient (Wildman–Crippen LogP) is -0.0549. The predicted molar refractivity (Wildman–Crippen MR) is 73.4 cm³/mol. The second-order valence-electron chi connectivity index (χ2n) is 4.79. The fraction of sp³-hybridized carbons (Fsp3) is 0.750. The Bertz CT molecular complexity index is 373. The van der Waals surface area contributed by atoms with Crippen LogP contribution in [0.5, 0.6) is 0 Å². The van der Waals surface area contributed by atoms with Crippen molar-refractivity contribution in [2.24, 2.45) is 17.6 Å². The van der Waals surface area contributed by atoms with Crippen LogP contribution in [0, 0.1) is 11.8 Å². The van der Waals surface area contributed by atoms with Gasteiger partial charge in [0.05, 0.1) is 31.2 Å². The Labute approximate surface area is 118 Å². The molecule has 1 aliphatic rings. The van der Waals surface area contributed by atoms with Crippen LogP contribution in [0.3, 0.4) is 0 Å². The van der Waals surface area contributed by atoms with E-state index in [1.807, 2.05) is 13.8 Å². The van der Waals surface area contributed by atoms with E-state index >= 15 is 0 Å². The molecular weight excluding hydrogens is 268 g/mol. The minimum absolute atomic E-state index is 0.0180. The van der Waals surface area contributed by atoms with Crippen LogP contribution >= 0.6 is 12.2 Å². The summed E-state index contributed by atoms with van der Waals surface area (Å²) in [5, 5.41) is 0. The molecule has 0 radical (unpaired) electrons. The number of nitrogens with two attached hydrogens (primary N) is 1. The average Bonchev–Trinajstić information content (AvgIpc) is 2.37. The van der Waals surface area contributed by atoms with Gasteiger partial charge >= 0.3 is 5.97 Å². The highest BCUT2D eigenvalue weighted by atomic mass is 32.1. The zero-order chi connectivity index (χ0) is 14.6. The maximum Gasteiger partial charge on any atom is 0.336 e. The molecule has 0 aromatic rings. The van der Waals surface area contributed by atoms with Gasteiger partial charge < -0.3 is 20.1 Å². The molecule has 1 rings (SSSR count). The highest BCUT2D eigenvalue weighted by Crippen LogP contribution is 2.17. The lowest BCUT2D eigenvalue weighted by Gasteiger charge is -2.34. The van der Waals surface area contributed by atoms with Crippen LogP contribution in [0.1, 0.15) is 13.8 Å². The number of morpholine rings is 1. The fourth-order valence-corrected chi connectivity index (χ4v) is 2.43. The molecule has 1 amide bonds.